The van der Waals surface area contributed by atoms with Gasteiger partial charge in [-0.3, -0.25) is 9.59 Å². The molecule has 0 amide bonds. The van der Waals surface area contributed by atoms with Gasteiger partial charge in [-0.2, -0.15) is 0 Å². The van der Waals surface area contributed by atoms with E-state index in [4.69, 9.17) is 4.74 Å². The molecule has 1 N–H and O–H groups in total. The Labute approximate surface area is 106 Å². The van der Waals surface area contributed by atoms with Crippen molar-refractivity contribution in [1.82, 2.24) is 0 Å². The Morgan fingerprint density at radius 1 is 1.39 bits per heavy atom. The van der Waals surface area contributed by atoms with E-state index in [1.165, 1.54) is 0 Å². The Balaban J connectivity index is 2.25. The monoisotopic (exact) mass is 248 g/mol. The van der Waals surface area contributed by atoms with Crippen molar-refractivity contribution in [3.63, 3.8) is 0 Å². The zero-order valence-corrected chi connectivity index (χ0v) is 10.5. The van der Waals surface area contributed by atoms with E-state index in [9.17, 15) is 14.7 Å². The van der Waals surface area contributed by atoms with Crippen molar-refractivity contribution in [3.8, 4) is 0 Å². The molecular formula is C14H16O4. The fourth-order valence-corrected chi connectivity index (χ4v) is 2.27. The first-order chi connectivity index (χ1) is 8.52. The lowest BCUT2D eigenvalue weighted by Gasteiger charge is -2.11. The number of hydrogen-bond donors (Lipinski definition) is 1. The third-order valence-electron chi connectivity index (χ3n) is 3.46. The number of ether oxygens (including phenoxy) is 1. The first kappa shape index (κ1) is 12.6. The number of aryl methyl sites for hydroxylation is 1. The van der Waals surface area contributed by atoms with Crippen LogP contribution in [0.1, 0.15) is 30.4 Å². The Hall–Kier alpha value is -1.84. The third kappa shape index (κ3) is 1.88. The summed E-state index contributed by atoms with van der Waals surface area (Å²) in [4.78, 5) is 23.2. The zero-order chi connectivity index (χ0) is 13.3. The summed E-state index contributed by atoms with van der Waals surface area (Å²) in [6.45, 7) is 3.84. The second-order valence-electron chi connectivity index (χ2n) is 4.66. The van der Waals surface area contributed by atoms with Crippen molar-refractivity contribution < 1.29 is 19.4 Å². The van der Waals surface area contributed by atoms with E-state index in [2.05, 4.69) is 0 Å². The predicted octanol–water partition coefficient (Wildman–Crippen LogP) is 2.12. The minimum absolute atomic E-state index is 0.203. The van der Waals surface area contributed by atoms with Crippen LogP contribution in [-0.4, -0.2) is 23.7 Å². The number of carboxylic acid groups (broad SMARTS) is 1. The number of rotatable bonds is 4. The summed E-state index contributed by atoms with van der Waals surface area (Å²) in [6.07, 6.45) is 0.324. The van der Waals surface area contributed by atoms with Gasteiger partial charge in [0.1, 0.15) is 0 Å². The molecule has 96 valence electrons. The Morgan fingerprint density at radius 3 is 2.50 bits per heavy atom. The molecular weight excluding hydrogens is 232 g/mol. The number of esters is 1. The van der Waals surface area contributed by atoms with Crippen molar-refractivity contribution in [2.45, 2.75) is 26.2 Å². The number of carbonyl (C=O) groups excluding carboxylic acids is 1. The third-order valence-corrected chi connectivity index (χ3v) is 3.46. The van der Waals surface area contributed by atoms with Crippen LogP contribution >= 0.6 is 0 Å². The van der Waals surface area contributed by atoms with Gasteiger partial charge in [-0.15, -0.1) is 0 Å². The summed E-state index contributed by atoms with van der Waals surface area (Å²) >= 11 is 0. The maximum Gasteiger partial charge on any atom is 0.324 e. The number of carbonyl (C=O) groups is 2. The van der Waals surface area contributed by atoms with Gasteiger partial charge in [0.25, 0.3) is 0 Å². The lowest BCUT2D eigenvalue weighted by molar-refractivity contribution is -0.161. The van der Waals surface area contributed by atoms with Gasteiger partial charge in [0.05, 0.1) is 6.61 Å². The summed E-state index contributed by atoms with van der Waals surface area (Å²) in [5.41, 5.74) is 0.623. The van der Waals surface area contributed by atoms with Crippen LogP contribution in [0.4, 0.5) is 0 Å². The molecule has 2 atom stereocenters. The van der Waals surface area contributed by atoms with E-state index in [1.807, 2.05) is 31.2 Å². The van der Waals surface area contributed by atoms with Crippen molar-refractivity contribution in [2.75, 3.05) is 6.61 Å². The number of benzene rings is 1. The second kappa shape index (κ2) is 4.44. The molecule has 1 aromatic rings. The fourth-order valence-electron chi connectivity index (χ4n) is 2.27. The molecule has 0 spiro atoms. The first-order valence-electron chi connectivity index (χ1n) is 5.99. The van der Waals surface area contributed by atoms with E-state index in [1.54, 1.807) is 6.92 Å². The molecule has 4 nitrogen and oxygen atoms in total. The number of aliphatic carboxylic acids is 1. The van der Waals surface area contributed by atoms with Crippen LogP contribution in [0.25, 0.3) is 0 Å². The molecule has 4 heteroatoms. The molecule has 0 bridgehead atoms. The number of hydrogen-bond acceptors (Lipinski definition) is 3. The summed E-state index contributed by atoms with van der Waals surface area (Å²) in [5, 5.41) is 9.29. The lowest BCUT2D eigenvalue weighted by Crippen LogP contribution is -2.29. The Kier molecular flexibility index (Phi) is 3.11. The van der Waals surface area contributed by atoms with Crippen molar-refractivity contribution in [3.05, 3.63) is 35.4 Å². The van der Waals surface area contributed by atoms with Crippen LogP contribution in [0.3, 0.4) is 0 Å². The molecule has 0 heterocycles. The molecule has 0 aromatic heterocycles. The molecule has 1 aliphatic carbocycles. The molecule has 0 aliphatic heterocycles. The highest BCUT2D eigenvalue weighted by Crippen LogP contribution is 2.60. The highest BCUT2D eigenvalue weighted by atomic mass is 16.5. The normalized spacial score (nSPS) is 25.6. The van der Waals surface area contributed by atoms with Gasteiger partial charge in [-0.25, -0.2) is 0 Å². The van der Waals surface area contributed by atoms with Crippen LogP contribution < -0.4 is 0 Å². The topological polar surface area (TPSA) is 63.6 Å². The average Bonchev–Trinajstić information content (AvgIpc) is 3.07. The van der Waals surface area contributed by atoms with Crippen LogP contribution in [0, 0.1) is 12.3 Å². The highest BCUT2D eigenvalue weighted by molar-refractivity contribution is 6.04. The van der Waals surface area contributed by atoms with Crippen LogP contribution in [0.2, 0.25) is 0 Å². The molecule has 0 saturated heterocycles. The summed E-state index contributed by atoms with van der Waals surface area (Å²) in [6, 6.07) is 7.60. The molecule has 0 radical (unpaired) electrons. The SMILES string of the molecule is CCOC(=O)C1(C(=O)O)CC1c1ccc(C)cc1. The van der Waals surface area contributed by atoms with Crippen LogP contribution in [0.5, 0.6) is 0 Å². The van der Waals surface area contributed by atoms with Gasteiger partial charge in [0, 0.05) is 5.92 Å². The van der Waals surface area contributed by atoms with E-state index in [0.29, 0.717) is 6.42 Å². The van der Waals surface area contributed by atoms with E-state index >= 15 is 0 Å². The van der Waals surface area contributed by atoms with E-state index < -0.39 is 17.4 Å². The molecule has 1 aliphatic rings. The van der Waals surface area contributed by atoms with Crippen LogP contribution in [-0.2, 0) is 14.3 Å². The van der Waals surface area contributed by atoms with Crippen molar-refractivity contribution in [2.24, 2.45) is 5.41 Å². The molecule has 1 saturated carbocycles. The average molecular weight is 248 g/mol. The fraction of sp³-hybridized carbons (Fsp3) is 0.429. The van der Waals surface area contributed by atoms with Gasteiger partial charge in [0.2, 0.25) is 0 Å². The molecule has 18 heavy (non-hydrogen) atoms. The summed E-state index contributed by atoms with van der Waals surface area (Å²) in [7, 11) is 0. The van der Waals surface area contributed by atoms with Crippen LogP contribution in [0.15, 0.2) is 24.3 Å². The zero-order valence-electron chi connectivity index (χ0n) is 10.5. The lowest BCUT2D eigenvalue weighted by atomic mass is 9.98. The van der Waals surface area contributed by atoms with Gasteiger partial charge in [0.15, 0.2) is 5.41 Å². The minimum atomic E-state index is -1.37. The van der Waals surface area contributed by atoms with Crippen molar-refractivity contribution in [1.29, 1.82) is 0 Å². The maximum absolute atomic E-state index is 11.8. The predicted molar refractivity (Wildman–Crippen MR) is 65.2 cm³/mol. The number of carboxylic acids is 1. The summed E-state index contributed by atoms with van der Waals surface area (Å²) < 4.78 is 4.89. The smallest absolute Gasteiger partial charge is 0.324 e. The van der Waals surface area contributed by atoms with Gasteiger partial charge < -0.3 is 9.84 Å². The highest BCUT2D eigenvalue weighted by Gasteiger charge is 2.67. The Bertz CT molecular complexity index is 477. The standard InChI is InChI=1S/C14H16O4/c1-3-18-13(17)14(12(15)16)8-11(14)10-6-4-9(2)5-7-10/h4-7,11H,3,8H2,1-2H3,(H,15,16). The van der Waals surface area contributed by atoms with Gasteiger partial charge >= 0.3 is 11.9 Å². The quantitative estimate of drug-likeness (QED) is 0.654. The van der Waals surface area contributed by atoms with Gasteiger partial charge in [-0.05, 0) is 25.8 Å². The van der Waals surface area contributed by atoms with Crippen molar-refractivity contribution >= 4 is 11.9 Å². The Morgan fingerprint density at radius 2 is 2.00 bits per heavy atom. The maximum atomic E-state index is 11.8. The summed E-state index contributed by atoms with van der Waals surface area (Å²) in [5.74, 6) is -1.98. The molecule has 2 rings (SSSR count). The van der Waals surface area contributed by atoms with Gasteiger partial charge in [-0.1, -0.05) is 29.8 Å². The largest absolute Gasteiger partial charge is 0.480 e. The van der Waals surface area contributed by atoms with E-state index in [-0.39, 0.29) is 12.5 Å². The molecule has 1 aromatic carbocycles. The molecule has 2 unspecified atom stereocenters. The second-order valence-corrected chi connectivity index (χ2v) is 4.66. The van der Waals surface area contributed by atoms with E-state index in [0.717, 1.165) is 11.1 Å². The minimum Gasteiger partial charge on any atom is -0.480 e. The molecule has 1 fully saturated rings. The first-order valence-corrected chi connectivity index (χ1v) is 5.99.